The minimum absolute atomic E-state index is 0.705. The molecule has 16 heavy (non-hydrogen) atoms. The number of hydrogen-bond donors (Lipinski definition) is 1. The van der Waals surface area contributed by atoms with Gasteiger partial charge in [0.2, 0.25) is 0 Å². The predicted molar refractivity (Wildman–Crippen MR) is 67.9 cm³/mol. The molecule has 0 aromatic carbocycles. The molecule has 3 nitrogen and oxygen atoms in total. The number of thioether (sulfide) groups is 1. The third-order valence-corrected chi connectivity index (χ3v) is 5.00. The van der Waals surface area contributed by atoms with Crippen LogP contribution in [0.3, 0.4) is 0 Å². The zero-order valence-corrected chi connectivity index (χ0v) is 10.4. The van der Waals surface area contributed by atoms with Gasteiger partial charge in [-0.05, 0) is 18.6 Å². The molecule has 0 spiro atoms. The van der Waals surface area contributed by atoms with Crippen LogP contribution in [-0.4, -0.2) is 33.6 Å². The van der Waals surface area contributed by atoms with Gasteiger partial charge in [0.1, 0.15) is 0 Å². The monoisotopic (exact) mass is 237 g/mol. The van der Waals surface area contributed by atoms with Crippen LogP contribution < -0.4 is 5.32 Å². The van der Waals surface area contributed by atoms with E-state index in [1.165, 1.54) is 30.7 Å². The molecule has 0 saturated carbocycles. The molecule has 88 valence electrons. The van der Waals surface area contributed by atoms with Crippen molar-refractivity contribution in [1.82, 2.24) is 14.9 Å². The van der Waals surface area contributed by atoms with Crippen molar-refractivity contribution in [2.75, 3.05) is 18.8 Å². The van der Waals surface area contributed by atoms with E-state index in [2.05, 4.69) is 32.8 Å². The minimum atomic E-state index is 0.705. The van der Waals surface area contributed by atoms with Crippen molar-refractivity contribution in [3.05, 3.63) is 18.2 Å². The second kappa shape index (κ2) is 4.80. The van der Waals surface area contributed by atoms with Crippen LogP contribution in [-0.2, 0) is 6.54 Å². The normalized spacial score (nSPS) is 26.6. The Hall–Kier alpha value is -0.480. The summed E-state index contributed by atoms with van der Waals surface area (Å²) in [6, 6.07) is 0. The molecule has 3 rings (SSSR count). The summed E-state index contributed by atoms with van der Waals surface area (Å²) < 4.78 is 2.38. The first-order valence-corrected chi connectivity index (χ1v) is 7.31. The van der Waals surface area contributed by atoms with Crippen molar-refractivity contribution in [3.63, 3.8) is 0 Å². The molecule has 2 aliphatic heterocycles. The zero-order chi connectivity index (χ0) is 10.8. The van der Waals surface area contributed by atoms with Crippen LogP contribution in [0.2, 0.25) is 0 Å². The van der Waals surface area contributed by atoms with E-state index in [9.17, 15) is 0 Å². The fraction of sp³-hybridized carbons (Fsp3) is 0.750. The van der Waals surface area contributed by atoms with Gasteiger partial charge in [-0.2, -0.15) is 11.8 Å². The van der Waals surface area contributed by atoms with Gasteiger partial charge < -0.3 is 9.88 Å². The Balaban J connectivity index is 1.66. The molecule has 3 heterocycles. The Morgan fingerprint density at radius 2 is 2.38 bits per heavy atom. The molecular weight excluding hydrogens is 218 g/mol. The maximum atomic E-state index is 4.32. The lowest BCUT2D eigenvalue weighted by atomic mass is 10.00. The number of nitrogens with one attached hydrogen (secondary N) is 1. The average molecular weight is 237 g/mol. The highest BCUT2D eigenvalue weighted by atomic mass is 32.2. The van der Waals surface area contributed by atoms with E-state index in [-0.39, 0.29) is 0 Å². The van der Waals surface area contributed by atoms with E-state index >= 15 is 0 Å². The van der Waals surface area contributed by atoms with Gasteiger partial charge in [-0.1, -0.05) is 6.42 Å². The summed E-state index contributed by atoms with van der Waals surface area (Å²) in [6.45, 7) is 3.42. The Bertz CT molecular complexity index is 340. The van der Waals surface area contributed by atoms with E-state index in [1.54, 1.807) is 0 Å². The van der Waals surface area contributed by atoms with Gasteiger partial charge >= 0.3 is 0 Å². The first kappa shape index (κ1) is 10.7. The maximum absolute atomic E-state index is 4.32. The number of nitrogens with zero attached hydrogens (tertiary/aromatic N) is 2. The topological polar surface area (TPSA) is 29.9 Å². The fourth-order valence-corrected chi connectivity index (χ4v) is 3.80. The molecule has 0 amide bonds. The second-order valence-corrected chi connectivity index (χ2v) is 6.22. The van der Waals surface area contributed by atoms with Gasteiger partial charge in [-0.3, -0.25) is 0 Å². The molecule has 1 atom stereocenters. The number of rotatable bonds is 3. The molecule has 4 heteroatoms. The molecule has 2 saturated heterocycles. The smallest absolute Gasteiger partial charge is 0.0948 e. The SMILES string of the molecule is c1ncn(CC2CCCCS2)c1C1CNC1. The summed E-state index contributed by atoms with van der Waals surface area (Å²) in [5.41, 5.74) is 1.44. The van der Waals surface area contributed by atoms with Crippen LogP contribution in [0.25, 0.3) is 0 Å². The fourth-order valence-electron chi connectivity index (χ4n) is 2.49. The quantitative estimate of drug-likeness (QED) is 0.870. The maximum Gasteiger partial charge on any atom is 0.0948 e. The van der Waals surface area contributed by atoms with Crippen LogP contribution in [0.5, 0.6) is 0 Å². The van der Waals surface area contributed by atoms with Gasteiger partial charge in [-0.15, -0.1) is 0 Å². The van der Waals surface area contributed by atoms with Gasteiger partial charge in [0.05, 0.1) is 6.33 Å². The Kier molecular flexibility index (Phi) is 3.20. The summed E-state index contributed by atoms with van der Waals surface area (Å²) >= 11 is 2.14. The highest BCUT2D eigenvalue weighted by Crippen LogP contribution is 2.28. The zero-order valence-electron chi connectivity index (χ0n) is 9.56. The number of aromatic nitrogens is 2. The molecule has 1 unspecified atom stereocenters. The molecule has 0 bridgehead atoms. The van der Waals surface area contributed by atoms with E-state index in [0.717, 1.165) is 24.9 Å². The third kappa shape index (κ3) is 2.13. The molecular formula is C12H19N3S. The van der Waals surface area contributed by atoms with Crippen molar-refractivity contribution in [1.29, 1.82) is 0 Å². The molecule has 1 N–H and O–H groups in total. The van der Waals surface area contributed by atoms with Crippen molar-refractivity contribution < 1.29 is 0 Å². The lowest BCUT2D eigenvalue weighted by Gasteiger charge is -2.29. The molecule has 2 aliphatic rings. The highest BCUT2D eigenvalue weighted by molar-refractivity contribution is 7.99. The van der Waals surface area contributed by atoms with E-state index < -0.39 is 0 Å². The number of imidazole rings is 1. The lowest BCUT2D eigenvalue weighted by Crippen LogP contribution is -2.41. The number of hydrogen-bond acceptors (Lipinski definition) is 3. The second-order valence-electron chi connectivity index (χ2n) is 4.81. The standard InChI is InChI=1S/C12H19N3S/c1-2-4-16-11(3-1)8-15-9-14-7-12(15)10-5-13-6-10/h7,9-11,13H,1-6,8H2. The van der Waals surface area contributed by atoms with Crippen LogP contribution in [0.4, 0.5) is 0 Å². The lowest BCUT2D eigenvalue weighted by molar-refractivity contribution is 0.420. The summed E-state index contributed by atoms with van der Waals surface area (Å²) in [5.74, 6) is 2.05. The molecule has 2 fully saturated rings. The van der Waals surface area contributed by atoms with Crippen molar-refractivity contribution in [2.45, 2.75) is 37.0 Å². The molecule has 0 aliphatic carbocycles. The van der Waals surface area contributed by atoms with E-state index in [1.807, 2.05) is 6.33 Å². The summed E-state index contributed by atoms with van der Waals surface area (Å²) in [7, 11) is 0. The van der Waals surface area contributed by atoms with Crippen molar-refractivity contribution in [3.8, 4) is 0 Å². The Morgan fingerprint density at radius 3 is 3.06 bits per heavy atom. The van der Waals surface area contributed by atoms with Gasteiger partial charge in [0.15, 0.2) is 0 Å². The van der Waals surface area contributed by atoms with Crippen LogP contribution >= 0.6 is 11.8 Å². The van der Waals surface area contributed by atoms with Gasteiger partial charge in [0, 0.05) is 42.7 Å². The first-order chi connectivity index (χ1) is 7.93. The van der Waals surface area contributed by atoms with Crippen molar-refractivity contribution >= 4 is 11.8 Å². The largest absolute Gasteiger partial charge is 0.333 e. The Morgan fingerprint density at radius 1 is 1.44 bits per heavy atom. The molecule has 1 aromatic heterocycles. The molecule has 1 aromatic rings. The summed E-state index contributed by atoms with van der Waals surface area (Å²) in [6.07, 6.45) is 8.27. The summed E-state index contributed by atoms with van der Waals surface area (Å²) in [5, 5.41) is 4.15. The third-order valence-electron chi connectivity index (χ3n) is 3.62. The van der Waals surface area contributed by atoms with E-state index in [4.69, 9.17) is 0 Å². The average Bonchev–Trinajstić information content (AvgIpc) is 2.66. The van der Waals surface area contributed by atoms with Crippen molar-refractivity contribution in [2.24, 2.45) is 0 Å². The first-order valence-electron chi connectivity index (χ1n) is 6.26. The Labute approximate surface area is 101 Å². The summed E-state index contributed by atoms with van der Waals surface area (Å²) in [4.78, 5) is 4.32. The minimum Gasteiger partial charge on any atom is -0.333 e. The van der Waals surface area contributed by atoms with Crippen LogP contribution in [0.15, 0.2) is 12.5 Å². The van der Waals surface area contributed by atoms with Crippen LogP contribution in [0.1, 0.15) is 30.9 Å². The van der Waals surface area contributed by atoms with Gasteiger partial charge in [0.25, 0.3) is 0 Å². The van der Waals surface area contributed by atoms with E-state index in [0.29, 0.717) is 5.92 Å². The van der Waals surface area contributed by atoms with Crippen LogP contribution in [0, 0.1) is 0 Å². The van der Waals surface area contributed by atoms with Gasteiger partial charge in [-0.25, -0.2) is 4.98 Å². The highest BCUT2D eigenvalue weighted by Gasteiger charge is 2.23. The molecule has 0 radical (unpaired) electrons. The predicted octanol–water partition coefficient (Wildman–Crippen LogP) is 1.86.